The molecule has 126 valence electrons. The Balaban J connectivity index is 0.00000192. The van der Waals surface area contributed by atoms with Crippen molar-refractivity contribution >= 4 is 35.6 Å². The summed E-state index contributed by atoms with van der Waals surface area (Å²) in [6.07, 6.45) is 4.56. The van der Waals surface area contributed by atoms with Gasteiger partial charge < -0.3 is 15.0 Å². The summed E-state index contributed by atoms with van der Waals surface area (Å²) >= 11 is 11.8. The lowest BCUT2D eigenvalue weighted by Gasteiger charge is -2.17. The molecule has 1 saturated carbocycles. The first kappa shape index (κ1) is 18.3. The van der Waals surface area contributed by atoms with Gasteiger partial charge in [0.2, 0.25) is 5.89 Å². The summed E-state index contributed by atoms with van der Waals surface area (Å²) in [6, 6.07) is 5.14. The maximum Gasteiger partial charge on any atom is 0.230 e. The molecule has 0 spiro atoms. The van der Waals surface area contributed by atoms with Crippen molar-refractivity contribution in [2.75, 3.05) is 6.61 Å². The van der Waals surface area contributed by atoms with Crippen LogP contribution in [0.1, 0.15) is 37.4 Å². The van der Waals surface area contributed by atoms with E-state index in [-0.39, 0.29) is 12.4 Å². The Morgan fingerprint density at radius 2 is 1.96 bits per heavy atom. The molecule has 2 aromatic rings. The number of nitrogens with zero attached hydrogens (tertiary/aromatic N) is 2. The third-order valence-electron chi connectivity index (χ3n) is 3.88. The van der Waals surface area contributed by atoms with Crippen molar-refractivity contribution in [2.24, 2.45) is 5.73 Å². The number of nitrogens with two attached hydrogens (primary N) is 1. The Labute approximate surface area is 150 Å². The van der Waals surface area contributed by atoms with E-state index in [1.807, 2.05) is 0 Å². The van der Waals surface area contributed by atoms with E-state index in [0.717, 1.165) is 25.7 Å². The molecule has 0 radical (unpaired) electrons. The van der Waals surface area contributed by atoms with Crippen molar-refractivity contribution < 1.29 is 9.26 Å². The van der Waals surface area contributed by atoms with Crippen LogP contribution in [0.4, 0.5) is 0 Å². The lowest BCUT2D eigenvalue weighted by atomic mass is 9.99. The molecular weight excluding hydrogens is 361 g/mol. The van der Waals surface area contributed by atoms with Crippen LogP contribution in [0.25, 0.3) is 0 Å². The van der Waals surface area contributed by atoms with Gasteiger partial charge in [-0.2, -0.15) is 4.98 Å². The van der Waals surface area contributed by atoms with Gasteiger partial charge in [-0.25, -0.2) is 0 Å². The predicted octanol–water partition coefficient (Wildman–Crippen LogP) is 4.15. The standard InChI is InChI=1S/C15H17Cl2N3O2.ClH/c16-11-4-3-10(9-12(11)17)21-8-5-13-19-14(20-22-13)15(18)6-1-2-7-15;/h3-4,9H,1-2,5-8,18H2;1H. The average molecular weight is 379 g/mol. The quantitative estimate of drug-likeness (QED) is 0.846. The highest BCUT2D eigenvalue weighted by atomic mass is 35.5. The summed E-state index contributed by atoms with van der Waals surface area (Å²) in [5.41, 5.74) is 5.88. The molecule has 0 saturated heterocycles. The molecule has 3 rings (SSSR count). The number of aromatic nitrogens is 2. The zero-order valence-electron chi connectivity index (χ0n) is 12.4. The second-order valence-corrected chi connectivity index (χ2v) is 6.36. The molecule has 0 aliphatic heterocycles. The van der Waals surface area contributed by atoms with Gasteiger partial charge in [0.05, 0.1) is 28.6 Å². The van der Waals surface area contributed by atoms with Crippen LogP contribution in [-0.4, -0.2) is 16.7 Å². The Kier molecular flexibility index (Phi) is 6.14. The molecule has 8 heteroatoms. The molecule has 1 aliphatic rings. The predicted molar refractivity (Wildman–Crippen MR) is 91.5 cm³/mol. The minimum Gasteiger partial charge on any atom is -0.493 e. The molecule has 1 fully saturated rings. The van der Waals surface area contributed by atoms with E-state index >= 15 is 0 Å². The molecule has 0 amide bonds. The summed E-state index contributed by atoms with van der Waals surface area (Å²) in [4.78, 5) is 4.40. The van der Waals surface area contributed by atoms with E-state index in [2.05, 4.69) is 10.1 Å². The molecule has 1 aromatic heterocycles. The largest absolute Gasteiger partial charge is 0.493 e. The Bertz CT molecular complexity index is 657. The number of rotatable bonds is 5. The van der Waals surface area contributed by atoms with E-state index in [4.69, 9.17) is 38.2 Å². The fourth-order valence-electron chi connectivity index (χ4n) is 2.61. The summed E-state index contributed by atoms with van der Waals surface area (Å²) in [7, 11) is 0. The number of benzene rings is 1. The zero-order chi connectivity index (χ0) is 15.6. The Morgan fingerprint density at radius 3 is 2.65 bits per heavy atom. The number of ether oxygens (including phenoxy) is 1. The van der Waals surface area contributed by atoms with Crippen LogP contribution in [0.15, 0.2) is 22.7 Å². The van der Waals surface area contributed by atoms with Gasteiger partial charge in [-0.05, 0) is 25.0 Å². The van der Waals surface area contributed by atoms with Gasteiger partial charge in [-0.1, -0.05) is 41.2 Å². The number of hydrogen-bond acceptors (Lipinski definition) is 5. The minimum absolute atomic E-state index is 0. The van der Waals surface area contributed by atoms with Gasteiger partial charge in [-0.15, -0.1) is 12.4 Å². The minimum atomic E-state index is -0.424. The first-order valence-corrected chi connectivity index (χ1v) is 8.02. The van der Waals surface area contributed by atoms with E-state index in [0.29, 0.717) is 40.5 Å². The van der Waals surface area contributed by atoms with Crippen LogP contribution >= 0.6 is 35.6 Å². The molecule has 1 heterocycles. The van der Waals surface area contributed by atoms with Crippen molar-refractivity contribution in [2.45, 2.75) is 37.6 Å². The maximum atomic E-state index is 6.30. The van der Waals surface area contributed by atoms with Crippen molar-refractivity contribution in [1.29, 1.82) is 0 Å². The maximum absolute atomic E-state index is 6.30. The molecular formula is C15H18Cl3N3O2. The third kappa shape index (κ3) is 4.29. The first-order valence-electron chi connectivity index (χ1n) is 7.27. The van der Waals surface area contributed by atoms with E-state index < -0.39 is 5.54 Å². The smallest absolute Gasteiger partial charge is 0.230 e. The topological polar surface area (TPSA) is 74.2 Å². The molecule has 1 aliphatic carbocycles. The van der Waals surface area contributed by atoms with E-state index in [9.17, 15) is 0 Å². The van der Waals surface area contributed by atoms with Crippen molar-refractivity contribution in [3.05, 3.63) is 40.0 Å². The highest BCUT2D eigenvalue weighted by molar-refractivity contribution is 6.42. The monoisotopic (exact) mass is 377 g/mol. The van der Waals surface area contributed by atoms with Gasteiger partial charge in [0.15, 0.2) is 5.82 Å². The normalized spacial score (nSPS) is 16.1. The van der Waals surface area contributed by atoms with Gasteiger partial charge in [0.1, 0.15) is 5.75 Å². The lowest BCUT2D eigenvalue weighted by Crippen LogP contribution is -2.34. The van der Waals surface area contributed by atoms with Crippen LogP contribution in [0.3, 0.4) is 0 Å². The molecule has 23 heavy (non-hydrogen) atoms. The van der Waals surface area contributed by atoms with Gasteiger partial charge in [-0.3, -0.25) is 0 Å². The van der Waals surface area contributed by atoms with Crippen LogP contribution in [0, 0.1) is 0 Å². The Morgan fingerprint density at radius 1 is 1.22 bits per heavy atom. The van der Waals surface area contributed by atoms with Crippen LogP contribution in [0.2, 0.25) is 10.0 Å². The van der Waals surface area contributed by atoms with Crippen LogP contribution in [-0.2, 0) is 12.0 Å². The summed E-state index contributed by atoms with van der Waals surface area (Å²) in [5, 5.41) is 4.98. The number of hydrogen-bond donors (Lipinski definition) is 1. The fourth-order valence-corrected chi connectivity index (χ4v) is 2.90. The summed E-state index contributed by atoms with van der Waals surface area (Å²) in [5.74, 6) is 1.79. The van der Waals surface area contributed by atoms with Crippen LogP contribution in [0.5, 0.6) is 5.75 Å². The summed E-state index contributed by atoms with van der Waals surface area (Å²) < 4.78 is 10.9. The molecule has 0 unspecified atom stereocenters. The molecule has 5 nitrogen and oxygen atoms in total. The van der Waals surface area contributed by atoms with Crippen molar-refractivity contribution in [3.63, 3.8) is 0 Å². The molecule has 0 bridgehead atoms. The first-order chi connectivity index (χ1) is 10.6. The van der Waals surface area contributed by atoms with E-state index in [1.54, 1.807) is 18.2 Å². The molecule has 2 N–H and O–H groups in total. The second kappa shape index (κ2) is 7.71. The van der Waals surface area contributed by atoms with E-state index in [1.165, 1.54) is 0 Å². The van der Waals surface area contributed by atoms with Crippen LogP contribution < -0.4 is 10.5 Å². The number of halogens is 3. The summed E-state index contributed by atoms with van der Waals surface area (Å²) in [6.45, 7) is 0.414. The zero-order valence-corrected chi connectivity index (χ0v) is 14.8. The molecule has 1 aromatic carbocycles. The fraction of sp³-hybridized carbons (Fsp3) is 0.467. The van der Waals surface area contributed by atoms with Gasteiger partial charge >= 0.3 is 0 Å². The second-order valence-electron chi connectivity index (χ2n) is 5.55. The third-order valence-corrected chi connectivity index (χ3v) is 4.62. The molecule has 0 atom stereocenters. The average Bonchev–Trinajstić information content (AvgIpc) is 3.13. The Hall–Kier alpha value is -1.01. The van der Waals surface area contributed by atoms with Gasteiger partial charge in [0.25, 0.3) is 0 Å². The SMILES string of the molecule is Cl.NC1(c2noc(CCOc3ccc(Cl)c(Cl)c3)n2)CCCC1. The van der Waals surface area contributed by atoms with Crippen molar-refractivity contribution in [3.8, 4) is 5.75 Å². The highest BCUT2D eigenvalue weighted by Gasteiger charge is 2.35. The van der Waals surface area contributed by atoms with Gasteiger partial charge in [0, 0.05) is 6.07 Å². The lowest BCUT2D eigenvalue weighted by molar-refractivity contribution is 0.290. The highest BCUT2D eigenvalue weighted by Crippen LogP contribution is 2.34. The van der Waals surface area contributed by atoms with Crippen molar-refractivity contribution in [1.82, 2.24) is 10.1 Å².